The second-order valence-corrected chi connectivity index (χ2v) is 4.14. The van der Waals surface area contributed by atoms with Gasteiger partial charge in [0.1, 0.15) is 0 Å². The summed E-state index contributed by atoms with van der Waals surface area (Å²) in [5.74, 6) is 0. The van der Waals surface area contributed by atoms with Crippen molar-refractivity contribution in [1.29, 1.82) is 0 Å². The van der Waals surface area contributed by atoms with Gasteiger partial charge in [-0.05, 0) is 19.8 Å². The number of rotatable bonds is 2. The third-order valence-electron chi connectivity index (χ3n) is 2.89. The highest BCUT2D eigenvalue weighted by molar-refractivity contribution is 4.98. The first-order valence-electron chi connectivity index (χ1n) is 5.03. The maximum Gasteiger partial charge on any atom is 0.0948 e. The standard InChI is InChI=1S/C10H17N3O/c1-9-6-12-8-13(9)7-10(11)2-4-14-5-3-10/h6,8H,2-5,7,11H2,1H3. The molecule has 1 fully saturated rings. The van der Waals surface area contributed by atoms with Gasteiger partial charge in [0, 0.05) is 37.2 Å². The molecule has 2 heterocycles. The molecule has 0 aromatic carbocycles. The molecular weight excluding hydrogens is 178 g/mol. The van der Waals surface area contributed by atoms with Crippen LogP contribution in [0.3, 0.4) is 0 Å². The van der Waals surface area contributed by atoms with Crippen molar-refractivity contribution < 1.29 is 4.74 Å². The minimum Gasteiger partial charge on any atom is -0.381 e. The summed E-state index contributed by atoms with van der Waals surface area (Å²) in [6.07, 6.45) is 5.58. The second-order valence-electron chi connectivity index (χ2n) is 4.14. The summed E-state index contributed by atoms with van der Waals surface area (Å²) in [4.78, 5) is 4.09. The molecule has 1 aliphatic heterocycles. The van der Waals surface area contributed by atoms with Gasteiger partial charge in [-0.2, -0.15) is 0 Å². The lowest BCUT2D eigenvalue weighted by Crippen LogP contribution is -2.48. The summed E-state index contributed by atoms with van der Waals surface area (Å²) >= 11 is 0. The number of ether oxygens (including phenoxy) is 1. The van der Waals surface area contributed by atoms with Gasteiger partial charge < -0.3 is 15.0 Å². The van der Waals surface area contributed by atoms with Crippen molar-refractivity contribution in [2.45, 2.75) is 31.8 Å². The number of hydrogen-bond donors (Lipinski definition) is 1. The second kappa shape index (κ2) is 3.71. The largest absolute Gasteiger partial charge is 0.381 e. The Morgan fingerprint density at radius 1 is 1.57 bits per heavy atom. The molecule has 1 aromatic rings. The van der Waals surface area contributed by atoms with E-state index < -0.39 is 0 Å². The Hall–Kier alpha value is -0.870. The van der Waals surface area contributed by atoms with Crippen molar-refractivity contribution in [2.24, 2.45) is 5.73 Å². The van der Waals surface area contributed by atoms with Crippen molar-refractivity contribution in [3.8, 4) is 0 Å². The predicted molar refractivity (Wildman–Crippen MR) is 53.9 cm³/mol. The third kappa shape index (κ3) is 1.96. The zero-order valence-corrected chi connectivity index (χ0v) is 8.57. The summed E-state index contributed by atoms with van der Waals surface area (Å²) in [7, 11) is 0. The van der Waals surface area contributed by atoms with Gasteiger partial charge in [-0.3, -0.25) is 0 Å². The van der Waals surface area contributed by atoms with E-state index in [0.29, 0.717) is 0 Å². The molecule has 78 valence electrons. The first-order valence-corrected chi connectivity index (χ1v) is 5.03. The quantitative estimate of drug-likeness (QED) is 0.755. The van der Waals surface area contributed by atoms with Crippen LogP contribution < -0.4 is 5.73 Å². The van der Waals surface area contributed by atoms with Crippen LogP contribution in [0.4, 0.5) is 0 Å². The minimum absolute atomic E-state index is 0.107. The summed E-state index contributed by atoms with van der Waals surface area (Å²) in [6, 6.07) is 0. The smallest absolute Gasteiger partial charge is 0.0948 e. The Labute approximate surface area is 84.1 Å². The fraction of sp³-hybridized carbons (Fsp3) is 0.700. The summed E-state index contributed by atoms with van der Waals surface area (Å²) in [6.45, 7) is 4.46. The maximum atomic E-state index is 6.29. The molecule has 4 nitrogen and oxygen atoms in total. The molecule has 14 heavy (non-hydrogen) atoms. The van der Waals surface area contributed by atoms with Crippen LogP contribution in [-0.2, 0) is 11.3 Å². The third-order valence-corrected chi connectivity index (χ3v) is 2.89. The highest BCUT2D eigenvalue weighted by Crippen LogP contribution is 2.20. The van der Waals surface area contributed by atoms with E-state index in [1.54, 1.807) is 0 Å². The fourth-order valence-electron chi connectivity index (χ4n) is 1.83. The monoisotopic (exact) mass is 195 g/mol. The molecule has 0 aliphatic carbocycles. The van der Waals surface area contributed by atoms with Gasteiger partial charge in [-0.1, -0.05) is 0 Å². The van der Waals surface area contributed by atoms with Crippen LogP contribution in [0, 0.1) is 6.92 Å². The summed E-state index contributed by atoms with van der Waals surface area (Å²) < 4.78 is 7.43. The summed E-state index contributed by atoms with van der Waals surface area (Å²) in [5.41, 5.74) is 7.35. The van der Waals surface area contributed by atoms with E-state index in [-0.39, 0.29) is 5.54 Å². The fourth-order valence-corrected chi connectivity index (χ4v) is 1.83. The molecule has 0 radical (unpaired) electrons. The summed E-state index contributed by atoms with van der Waals surface area (Å²) in [5, 5.41) is 0. The Balaban J connectivity index is 2.05. The van der Waals surface area contributed by atoms with Crippen LogP contribution >= 0.6 is 0 Å². The number of imidazole rings is 1. The lowest BCUT2D eigenvalue weighted by atomic mass is 9.91. The van der Waals surface area contributed by atoms with Gasteiger partial charge in [0.2, 0.25) is 0 Å². The molecule has 0 saturated carbocycles. The first kappa shape index (κ1) is 9.68. The highest BCUT2D eigenvalue weighted by atomic mass is 16.5. The molecule has 0 unspecified atom stereocenters. The Kier molecular flexibility index (Phi) is 2.56. The van der Waals surface area contributed by atoms with Crippen LogP contribution in [0.2, 0.25) is 0 Å². The average Bonchev–Trinajstić information content (AvgIpc) is 2.52. The molecule has 4 heteroatoms. The predicted octanol–water partition coefficient (Wildman–Crippen LogP) is 0.699. The van der Waals surface area contributed by atoms with Crippen molar-refractivity contribution >= 4 is 0 Å². The number of aryl methyl sites for hydroxylation is 1. The molecule has 2 N–H and O–H groups in total. The van der Waals surface area contributed by atoms with E-state index in [0.717, 1.165) is 32.6 Å². The van der Waals surface area contributed by atoms with Crippen LogP contribution in [-0.4, -0.2) is 28.3 Å². The van der Waals surface area contributed by atoms with Crippen molar-refractivity contribution in [3.63, 3.8) is 0 Å². The topological polar surface area (TPSA) is 53.1 Å². The molecular formula is C10H17N3O. The van der Waals surface area contributed by atoms with Crippen molar-refractivity contribution in [3.05, 3.63) is 18.2 Å². The normalized spacial score (nSPS) is 21.0. The van der Waals surface area contributed by atoms with Crippen LogP contribution in [0.1, 0.15) is 18.5 Å². The van der Waals surface area contributed by atoms with Gasteiger partial charge in [0.15, 0.2) is 0 Å². The van der Waals surface area contributed by atoms with Crippen LogP contribution in [0.15, 0.2) is 12.5 Å². The minimum atomic E-state index is -0.107. The van der Waals surface area contributed by atoms with Gasteiger partial charge >= 0.3 is 0 Å². The van der Waals surface area contributed by atoms with Crippen LogP contribution in [0.5, 0.6) is 0 Å². The van der Waals surface area contributed by atoms with Gasteiger partial charge in [0.25, 0.3) is 0 Å². The van der Waals surface area contributed by atoms with Gasteiger partial charge in [-0.25, -0.2) is 4.98 Å². The van der Waals surface area contributed by atoms with Gasteiger partial charge in [0.05, 0.1) is 6.33 Å². The number of aromatic nitrogens is 2. The Morgan fingerprint density at radius 2 is 2.29 bits per heavy atom. The maximum absolute atomic E-state index is 6.29. The van der Waals surface area contributed by atoms with E-state index in [1.807, 2.05) is 12.5 Å². The molecule has 1 aromatic heterocycles. The van der Waals surface area contributed by atoms with Crippen LogP contribution in [0.25, 0.3) is 0 Å². The van der Waals surface area contributed by atoms with E-state index in [4.69, 9.17) is 10.5 Å². The van der Waals surface area contributed by atoms with Crippen molar-refractivity contribution in [1.82, 2.24) is 9.55 Å². The zero-order valence-electron chi connectivity index (χ0n) is 8.57. The molecule has 0 atom stereocenters. The van der Waals surface area contributed by atoms with E-state index >= 15 is 0 Å². The molecule has 2 rings (SSSR count). The lowest BCUT2D eigenvalue weighted by molar-refractivity contribution is 0.0469. The Morgan fingerprint density at radius 3 is 2.86 bits per heavy atom. The number of hydrogen-bond acceptors (Lipinski definition) is 3. The van der Waals surface area contributed by atoms with E-state index in [1.165, 1.54) is 5.69 Å². The zero-order chi connectivity index (χ0) is 10.0. The highest BCUT2D eigenvalue weighted by Gasteiger charge is 2.28. The SMILES string of the molecule is Cc1cncn1CC1(N)CCOCC1. The molecule has 0 amide bonds. The molecule has 1 aliphatic rings. The molecule has 0 bridgehead atoms. The lowest BCUT2D eigenvalue weighted by Gasteiger charge is -2.33. The van der Waals surface area contributed by atoms with E-state index in [2.05, 4.69) is 16.5 Å². The Bertz CT molecular complexity index is 302. The average molecular weight is 195 g/mol. The van der Waals surface area contributed by atoms with Crippen molar-refractivity contribution in [2.75, 3.05) is 13.2 Å². The first-order chi connectivity index (χ1) is 6.70. The number of nitrogens with two attached hydrogens (primary N) is 1. The van der Waals surface area contributed by atoms with Gasteiger partial charge in [-0.15, -0.1) is 0 Å². The molecule has 1 saturated heterocycles. The molecule has 0 spiro atoms. The van der Waals surface area contributed by atoms with E-state index in [9.17, 15) is 0 Å². The number of nitrogens with zero attached hydrogens (tertiary/aromatic N) is 2.